The van der Waals surface area contributed by atoms with Gasteiger partial charge in [-0.15, -0.1) is 0 Å². The van der Waals surface area contributed by atoms with Crippen molar-refractivity contribution in [3.63, 3.8) is 0 Å². The summed E-state index contributed by atoms with van der Waals surface area (Å²) in [7, 11) is 3.02. The van der Waals surface area contributed by atoms with Crippen molar-refractivity contribution in [1.82, 2.24) is 15.5 Å². The van der Waals surface area contributed by atoms with Crippen molar-refractivity contribution in [3.05, 3.63) is 72.6 Å². The fraction of sp³-hybridized carbons (Fsp3) is 0.500. The van der Waals surface area contributed by atoms with Crippen LogP contribution in [0.15, 0.2) is 48.5 Å². The van der Waals surface area contributed by atoms with Crippen molar-refractivity contribution in [2.75, 3.05) is 89.9 Å². The van der Waals surface area contributed by atoms with Crippen LogP contribution in [0.4, 0.5) is 22.0 Å². The number of anilines is 3. The zero-order valence-corrected chi connectivity index (χ0v) is 43.5. The summed E-state index contributed by atoms with van der Waals surface area (Å²) in [5.74, 6) is -2.01. The normalized spacial score (nSPS) is 13.8. The molecule has 3 atom stereocenters. The molecule has 0 radical (unpaired) electrons. The number of aromatic nitrogens is 1. The summed E-state index contributed by atoms with van der Waals surface area (Å²) in [6, 6.07) is 13.9. The number of nitrogen functional groups attached to an aromatic ring is 1. The molecule has 2 aromatic carbocycles. The minimum absolute atomic E-state index is 0. The van der Waals surface area contributed by atoms with Crippen LogP contribution in [-0.4, -0.2) is 126 Å². The Morgan fingerprint density at radius 2 is 1.58 bits per heavy atom. The Morgan fingerprint density at radius 3 is 2.18 bits per heavy atom. The summed E-state index contributed by atoms with van der Waals surface area (Å²) in [4.78, 5) is 90.7. The molecule has 0 bridgehead atoms. The lowest BCUT2D eigenvalue weighted by atomic mass is 9.89. The zero-order chi connectivity index (χ0) is 53.5. The molecule has 4 rings (SSSR count). The van der Waals surface area contributed by atoms with E-state index >= 15 is 0 Å². The Bertz CT molecular complexity index is 2430. The number of hydrogen-bond acceptors (Lipinski definition) is 15. The zero-order valence-electron chi connectivity index (χ0n) is 43.5. The molecular formula is C52H73N9O13. The third-order valence-electron chi connectivity index (χ3n) is 11.7. The van der Waals surface area contributed by atoms with Crippen molar-refractivity contribution in [1.29, 1.82) is 5.26 Å². The first-order chi connectivity index (χ1) is 35.0. The quantitative estimate of drug-likeness (QED) is 0.0226. The third kappa shape index (κ3) is 18.9. The number of amides is 7. The maximum atomic E-state index is 13.9. The van der Waals surface area contributed by atoms with Crippen LogP contribution in [-0.2, 0) is 55.9 Å². The summed E-state index contributed by atoms with van der Waals surface area (Å²) in [5.41, 5.74) is 13.4. The lowest BCUT2D eigenvalue weighted by Gasteiger charge is -2.24. The molecule has 1 aromatic heterocycles. The molecule has 8 N–H and O–H groups in total. The van der Waals surface area contributed by atoms with Gasteiger partial charge in [0.2, 0.25) is 23.6 Å². The minimum Gasteiger partial charge on any atom is -0.497 e. The first kappa shape index (κ1) is 61.0. The third-order valence-corrected chi connectivity index (χ3v) is 11.7. The molecule has 1 unspecified atom stereocenters. The average molecular weight is 1030 g/mol. The molecule has 404 valence electrons. The van der Waals surface area contributed by atoms with Gasteiger partial charge < -0.3 is 63.3 Å². The second-order valence-electron chi connectivity index (χ2n) is 17.6. The van der Waals surface area contributed by atoms with Crippen LogP contribution in [0.25, 0.3) is 0 Å². The Kier molecular flexibility index (Phi) is 25.8. The van der Waals surface area contributed by atoms with E-state index in [4.69, 9.17) is 39.9 Å². The van der Waals surface area contributed by atoms with E-state index in [1.165, 1.54) is 25.2 Å². The number of nitriles is 1. The van der Waals surface area contributed by atoms with E-state index in [0.29, 0.717) is 34.7 Å². The number of primary amides is 1. The number of pyridine rings is 1. The fourth-order valence-corrected chi connectivity index (χ4v) is 7.89. The number of hydrogen-bond donors (Lipinski definition) is 6. The van der Waals surface area contributed by atoms with Crippen LogP contribution < -0.4 is 51.5 Å². The number of ketones is 1. The van der Waals surface area contributed by atoms with E-state index in [1.807, 2.05) is 0 Å². The monoisotopic (exact) mass is 1030 g/mol. The molecule has 74 heavy (non-hydrogen) atoms. The molecular weight excluding hydrogens is 959 g/mol. The second-order valence-corrected chi connectivity index (χ2v) is 17.6. The second kappa shape index (κ2) is 31.3. The highest BCUT2D eigenvalue weighted by Crippen LogP contribution is 2.28. The van der Waals surface area contributed by atoms with E-state index in [9.17, 15) is 38.8 Å². The van der Waals surface area contributed by atoms with Crippen LogP contribution in [0, 0.1) is 36.5 Å². The molecule has 22 heteroatoms. The van der Waals surface area contributed by atoms with Gasteiger partial charge in [0.15, 0.2) is 11.3 Å². The Hall–Kier alpha value is -7.35. The van der Waals surface area contributed by atoms with E-state index < -0.39 is 35.7 Å². The molecule has 2 heterocycles. The topological polar surface area (TPSA) is 306 Å². The van der Waals surface area contributed by atoms with Crippen LogP contribution in [0.5, 0.6) is 17.4 Å². The highest BCUT2D eigenvalue weighted by molar-refractivity contribution is 6.03. The number of nitrogens with two attached hydrogens (primary N) is 2. The number of rotatable bonds is 32. The highest BCUT2D eigenvalue weighted by Gasteiger charge is 2.35. The summed E-state index contributed by atoms with van der Waals surface area (Å²) >= 11 is 0. The van der Waals surface area contributed by atoms with Crippen molar-refractivity contribution in [3.8, 4) is 23.4 Å². The summed E-state index contributed by atoms with van der Waals surface area (Å²) in [5, 5.41) is 21.1. The number of Topliss-reactive ketones (excluding diaryl/α,β-unsaturated/α-hetero) is 1. The van der Waals surface area contributed by atoms with Gasteiger partial charge in [-0.05, 0) is 61.6 Å². The number of likely N-dealkylation sites (tertiary alicyclic amines) is 1. The van der Waals surface area contributed by atoms with Crippen LogP contribution >= 0.6 is 0 Å². The lowest BCUT2D eigenvalue weighted by Crippen LogP contribution is -2.45. The maximum absolute atomic E-state index is 13.9. The number of nitrogens with one attached hydrogen (secondary N) is 4. The average Bonchev–Trinajstić information content (AvgIpc) is 3.60. The van der Waals surface area contributed by atoms with Crippen molar-refractivity contribution < 1.29 is 66.6 Å². The van der Waals surface area contributed by atoms with E-state index in [2.05, 4.69) is 27.3 Å². The molecule has 1 aliphatic heterocycles. The van der Waals surface area contributed by atoms with Crippen LogP contribution in [0.2, 0.25) is 0 Å². The molecule has 1 fully saturated rings. The maximum Gasteiger partial charge on any atom is 0.312 e. The number of benzene rings is 2. The number of urea groups is 1. The standard InChI is InChI=1S/C51H69N9O13.CH3/c1-7-73-50-39(30-52)40(53)29-43(57-45(63)28-36-26-38(68-5)14-15-42(36)69-6)60(50)31-34-10-12-37(13-11-34)56-48(65)35(9-8-17-55-51(54)67)27-41(61)47(32(2)3)58-44(62)16-19-70-21-23-72-24-22-71-20-18-59-46(64)25-33(4)49(59)66;/h10-15,26,29,32-33,35,47H,7-9,16-25,27-28,31H2,1-6H3,(H7,53,54,55,56,57,58,62,63,65,67);1H3/q;-1/p+1/t33?,35-,47+;/m1./s1. The predicted molar refractivity (Wildman–Crippen MR) is 274 cm³/mol. The summed E-state index contributed by atoms with van der Waals surface area (Å²) < 4.78 is 34.8. The van der Waals surface area contributed by atoms with Gasteiger partial charge >= 0.3 is 17.8 Å². The molecule has 1 aliphatic rings. The predicted octanol–water partition coefficient (Wildman–Crippen LogP) is 3.46. The van der Waals surface area contributed by atoms with Gasteiger partial charge in [0.1, 0.15) is 24.1 Å². The number of carbonyl (C=O) groups is 7. The van der Waals surface area contributed by atoms with Crippen LogP contribution in [0.3, 0.4) is 0 Å². The lowest BCUT2D eigenvalue weighted by molar-refractivity contribution is -0.679. The van der Waals surface area contributed by atoms with Gasteiger partial charge in [-0.2, -0.15) is 9.83 Å². The van der Waals surface area contributed by atoms with Gasteiger partial charge in [-0.25, -0.2) is 14.9 Å². The Balaban J connectivity index is 0.0000144. The molecule has 0 spiro atoms. The van der Waals surface area contributed by atoms with Crippen molar-refractivity contribution in [2.24, 2.45) is 23.5 Å². The van der Waals surface area contributed by atoms with Crippen molar-refractivity contribution in [2.45, 2.75) is 78.8 Å². The molecule has 1 saturated heterocycles. The Morgan fingerprint density at radius 1 is 0.905 bits per heavy atom. The fourth-order valence-electron chi connectivity index (χ4n) is 7.89. The molecule has 0 saturated carbocycles. The molecule has 7 amide bonds. The number of ether oxygens (including phenoxy) is 6. The first-order valence-electron chi connectivity index (χ1n) is 24.2. The van der Waals surface area contributed by atoms with Gasteiger partial charge in [0.25, 0.3) is 5.82 Å². The Labute approximate surface area is 433 Å². The smallest absolute Gasteiger partial charge is 0.312 e. The van der Waals surface area contributed by atoms with Gasteiger partial charge in [0, 0.05) is 48.9 Å². The summed E-state index contributed by atoms with van der Waals surface area (Å²) in [6.07, 6.45) is 0.461. The van der Waals surface area contributed by atoms with E-state index in [0.717, 1.165) is 0 Å². The SMILES string of the molecule is CCOc1c(C#N)c(N)cc(NC(=O)Cc2cc(OC)ccc2OC)[n+]1Cc1ccc(NC(=O)[C@H](CCCNC(N)=O)CC(=O)[C@@H](NC(=O)CCOCCOCCOCCN2C(=O)CC(C)C2=O)C(C)C)cc1.[CH3-]. The molecule has 0 aliphatic carbocycles. The van der Waals surface area contributed by atoms with Gasteiger partial charge in [-0.1, -0.05) is 32.9 Å². The summed E-state index contributed by atoms with van der Waals surface area (Å²) in [6.45, 7) is 9.01. The number of imide groups is 1. The highest BCUT2D eigenvalue weighted by atomic mass is 16.5. The van der Waals surface area contributed by atoms with Gasteiger partial charge in [-0.3, -0.25) is 28.9 Å². The van der Waals surface area contributed by atoms with Crippen molar-refractivity contribution >= 4 is 58.5 Å². The van der Waals surface area contributed by atoms with E-state index in [-0.39, 0.29) is 158 Å². The van der Waals surface area contributed by atoms with Gasteiger partial charge in [0.05, 0.1) is 91.2 Å². The largest absolute Gasteiger partial charge is 0.497 e. The van der Waals surface area contributed by atoms with E-state index in [1.54, 1.807) is 74.7 Å². The van der Waals surface area contributed by atoms with Crippen LogP contribution in [0.1, 0.15) is 76.5 Å². The molecule has 22 nitrogen and oxygen atoms in total. The minimum atomic E-state index is -0.896. The molecule has 3 aromatic rings. The number of carbonyl (C=O) groups excluding carboxylic acids is 7. The number of methoxy groups -OCH3 is 2. The number of nitrogens with zero attached hydrogens (tertiary/aromatic N) is 3. The first-order valence-corrected chi connectivity index (χ1v) is 24.2.